The van der Waals surface area contributed by atoms with E-state index < -0.39 is 24.5 Å². The average molecular weight is 304 g/mol. The summed E-state index contributed by atoms with van der Waals surface area (Å²) < 4.78 is 6.48. The molecule has 0 aliphatic heterocycles. The summed E-state index contributed by atoms with van der Waals surface area (Å²) in [6.45, 7) is 2.96. The molecule has 0 atom stereocenters. The maximum Gasteiger partial charge on any atom is 0.359 e. The van der Waals surface area contributed by atoms with Crippen molar-refractivity contribution in [1.82, 2.24) is 20.0 Å². The van der Waals surface area contributed by atoms with Gasteiger partial charge in [0.15, 0.2) is 12.3 Å². The normalized spacial score (nSPS) is 10.5. The Morgan fingerprint density at radius 1 is 1.32 bits per heavy atom. The molecule has 0 radical (unpaired) electrons. The van der Waals surface area contributed by atoms with Crippen LogP contribution in [0.1, 0.15) is 24.3 Å². The van der Waals surface area contributed by atoms with Gasteiger partial charge in [0.25, 0.3) is 5.91 Å². The van der Waals surface area contributed by atoms with Crippen molar-refractivity contribution in [2.24, 2.45) is 0 Å². The number of aromatic nitrogens is 2. The van der Waals surface area contributed by atoms with Gasteiger partial charge in [-0.1, -0.05) is 6.07 Å². The van der Waals surface area contributed by atoms with E-state index in [1.807, 2.05) is 0 Å². The van der Waals surface area contributed by atoms with Crippen LogP contribution in [-0.4, -0.2) is 39.9 Å². The summed E-state index contributed by atoms with van der Waals surface area (Å²) in [6, 6.07) is 4.58. The molecule has 2 aromatic rings. The lowest BCUT2D eigenvalue weighted by atomic mass is 10.4. The zero-order valence-electron chi connectivity index (χ0n) is 12.2. The molecule has 8 nitrogen and oxygen atoms in total. The highest BCUT2D eigenvalue weighted by Crippen LogP contribution is 2.05. The Balaban J connectivity index is 1.87. The summed E-state index contributed by atoms with van der Waals surface area (Å²) in [5, 5.41) is 4.54. The SMILES string of the molecule is CC(C)NC(=O)NC(=O)COC(=O)c1cn2ccccc2n1. The molecule has 0 aliphatic rings. The number of carbonyl (C=O) groups is 3. The molecule has 0 fully saturated rings. The van der Waals surface area contributed by atoms with Gasteiger partial charge in [0, 0.05) is 18.4 Å². The first-order valence-corrected chi connectivity index (χ1v) is 6.67. The van der Waals surface area contributed by atoms with Crippen LogP contribution in [0.3, 0.4) is 0 Å². The van der Waals surface area contributed by atoms with Gasteiger partial charge in [-0.3, -0.25) is 10.1 Å². The predicted molar refractivity (Wildman–Crippen MR) is 77.3 cm³/mol. The minimum atomic E-state index is -0.733. The zero-order chi connectivity index (χ0) is 16.1. The van der Waals surface area contributed by atoms with E-state index >= 15 is 0 Å². The van der Waals surface area contributed by atoms with E-state index in [1.165, 1.54) is 6.20 Å². The van der Waals surface area contributed by atoms with Crippen molar-refractivity contribution in [3.8, 4) is 0 Å². The van der Waals surface area contributed by atoms with Crippen molar-refractivity contribution < 1.29 is 19.1 Å². The molecule has 0 unspecified atom stereocenters. The second kappa shape index (κ2) is 6.70. The lowest BCUT2D eigenvalue weighted by Gasteiger charge is -2.09. The highest BCUT2D eigenvalue weighted by molar-refractivity contribution is 5.96. The number of nitrogens with one attached hydrogen (secondary N) is 2. The van der Waals surface area contributed by atoms with Crippen LogP contribution in [0.4, 0.5) is 4.79 Å². The number of pyridine rings is 1. The van der Waals surface area contributed by atoms with Gasteiger partial charge in [-0.05, 0) is 26.0 Å². The van der Waals surface area contributed by atoms with Gasteiger partial charge < -0.3 is 14.5 Å². The van der Waals surface area contributed by atoms with Crippen LogP contribution < -0.4 is 10.6 Å². The Hall–Kier alpha value is -2.90. The molecular weight excluding hydrogens is 288 g/mol. The second-order valence-corrected chi connectivity index (χ2v) is 4.84. The first-order chi connectivity index (χ1) is 10.5. The van der Waals surface area contributed by atoms with E-state index in [2.05, 4.69) is 15.6 Å². The lowest BCUT2D eigenvalue weighted by Crippen LogP contribution is -2.44. The molecule has 0 bridgehead atoms. The fourth-order valence-electron chi connectivity index (χ4n) is 1.70. The molecule has 2 N–H and O–H groups in total. The third-order valence-corrected chi connectivity index (χ3v) is 2.58. The zero-order valence-corrected chi connectivity index (χ0v) is 12.2. The van der Waals surface area contributed by atoms with E-state index in [1.54, 1.807) is 42.6 Å². The monoisotopic (exact) mass is 304 g/mol. The number of esters is 1. The number of urea groups is 1. The Bertz CT molecular complexity index is 675. The molecule has 0 saturated heterocycles. The van der Waals surface area contributed by atoms with Crippen LogP contribution in [0.5, 0.6) is 0 Å². The minimum absolute atomic E-state index is 0.0885. The fourth-order valence-corrected chi connectivity index (χ4v) is 1.70. The molecule has 2 rings (SSSR count). The Kier molecular flexibility index (Phi) is 4.72. The molecule has 0 saturated carbocycles. The topological polar surface area (TPSA) is 102 Å². The van der Waals surface area contributed by atoms with Crippen molar-refractivity contribution in [3.05, 3.63) is 36.3 Å². The smallest absolute Gasteiger partial charge is 0.359 e. The van der Waals surface area contributed by atoms with Crippen LogP contribution in [-0.2, 0) is 9.53 Å². The molecule has 116 valence electrons. The van der Waals surface area contributed by atoms with E-state index in [-0.39, 0.29) is 11.7 Å². The fraction of sp³-hybridized carbons (Fsp3) is 0.286. The molecule has 22 heavy (non-hydrogen) atoms. The molecule has 8 heteroatoms. The van der Waals surface area contributed by atoms with Gasteiger partial charge >= 0.3 is 12.0 Å². The van der Waals surface area contributed by atoms with E-state index in [9.17, 15) is 14.4 Å². The summed E-state index contributed by atoms with van der Waals surface area (Å²) >= 11 is 0. The highest BCUT2D eigenvalue weighted by Gasteiger charge is 2.15. The standard InChI is InChI=1S/C14H16N4O4/c1-9(2)15-14(21)17-12(19)8-22-13(20)10-7-18-6-4-3-5-11(18)16-10/h3-7,9H,8H2,1-2H3,(H2,15,17,19,21). The molecule has 3 amide bonds. The first kappa shape index (κ1) is 15.5. The number of fused-ring (bicyclic) bond motifs is 1. The number of imide groups is 1. The summed E-state index contributed by atoms with van der Waals surface area (Å²) in [5.41, 5.74) is 0.681. The Morgan fingerprint density at radius 3 is 2.77 bits per heavy atom. The highest BCUT2D eigenvalue weighted by atomic mass is 16.5. The molecular formula is C14H16N4O4. The average Bonchev–Trinajstić information content (AvgIpc) is 2.87. The molecule has 2 aromatic heterocycles. The van der Waals surface area contributed by atoms with Crippen LogP contribution in [0.25, 0.3) is 5.65 Å². The van der Waals surface area contributed by atoms with Gasteiger partial charge in [0.05, 0.1) is 0 Å². The number of ether oxygens (including phenoxy) is 1. The van der Waals surface area contributed by atoms with Gasteiger partial charge in [-0.25, -0.2) is 14.6 Å². The Morgan fingerprint density at radius 2 is 2.09 bits per heavy atom. The van der Waals surface area contributed by atoms with E-state index in [4.69, 9.17) is 4.74 Å². The van der Waals surface area contributed by atoms with E-state index in [0.717, 1.165) is 0 Å². The maximum atomic E-state index is 11.8. The van der Waals surface area contributed by atoms with Crippen molar-refractivity contribution >= 4 is 23.6 Å². The minimum Gasteiger partial charge on any atom is -0.451 e. The number of hydrogen-bond acceptors (Lipinski definition) is 5. The molecule has 2 heterocycles. The van der Waals surface area contributed by atoms with Crippen LogP contribution in [0, 0.1) is 0 Å². The van der Waals surface area contributed by atoms with Gasteiger partial charge in [0.2, 0.25) is 0 Å². The van der Waals surface area contributed by atoms with Crippen molar-refractivity contribution in [2.75, 3.05) is 6.61 Å². The number of hydrogen-bond donors (Lipinski definition) is 2. The van der Waals surface area contributed by atoms with Crippen LogP contribution in [0.2, 0.25) is 0 Å². The van der Waals surface area contributed by atoms with Crippen LogP contribution >= 0.6 is 0 Å². The third-order valence-electron chi connectivity index (χ3n) is 2.58. The number of amides is 3. The largest absolute Gasteiger partial charge is 0.451 e. The van der Waals surface area contributed by atoms with Crippen molar-refractivity contribution in [1.29, 1.82) is 0 Å². The lowest BCUT2D eigenvalue weighted by molar-refractivity contribution is -0.123. The van der Waals surface area contributed by atoms with Gasteiger partial charge in [-0.2, -0.15) is 0 Å². The summed E-state index contributed by atoms with van der Waals surface area (Å²) in [7, 11) is 0. The number of carbonyl (C=O) groups excluding carboxylic acids is 3. The summed E-state index contributed by atoms with van der Waals surface area (Å²) in [4.78, 5) is 38.6. The maximum absolute atomic E-state index is 11.8. The molecule has 0 aromatic carbocycles. The second-order valence-electron chi connectivity index (χ2n) is 4.84. The number of rotatable bonds is 4. The quantitative estimate of drug-likeness (QED) is 0.811. The first-order valence-electron chi connectivity index (χ1n) is 6.67. The molecule has 0 aliphatic carbocycles. The van der Waals surface area contributed by atoms with Crippen molar-refractivity contribution in [3.63, 3.8) is 0 Å². The van der Waals surface area contributed by atoms with Crippen LogP contribution in [0.15, 0.2) is 30.6 Å². The van der Waals surface area contributed by atoms with E-state index in [0.29, 0.717) is 5.65 Å². The number of nitrogens with zero attached hydrogens (tertiary/aromatic N) is 2. The third kappa shape index (κ3) is 4.05. The Labute approximate surface area is 126 Å². The number of imidazole rings is 1. The summed E-state index contributed by atoms with van der Waals surface area (Å²) in [6.07, 6.45) is 3.24. The predicted octanol–water partition coefficient (Wildman–Crippen LogP) is 0.725. The summed E-state index contributed by atoms with van der Waals surface area (Å²) in [5.74, 6) is -1.45. The van der Waals surface area contributed by atoms with Gasteiger partial charge in [-0.15, -0.1) is 0 Å². The van der Waals surface area contributed by atoms with Crippen molar-refractivity contribution in [2.45, 2.75) is 19.9 Å². The van der Waals surface area contributed by atoms with Gasteiger partial charge in [0.1, 0.15) is 5.65 Å². The molecule has 0 spiro atoms.